The highest BCUT2D eigenvalue weighted by atomic mass is 35.5. The molecule has 2 aromatic carbocycles. The number of nitrogens with zero attached hydrogens (tertiary/aromatic N) is 2. The van der Waals surface area contributed by atoms with Gasteiger partial charge in [-0.15, -0.1) is 0 Å². The molecule has 1 N–H and O–H groups in total. The van der Waals surface area contributed by atoms with Gasteiger partial charge in [-0.05, 0) is 36.2 Å². The highest BCUT2D eigenvalue weighted by molar-refractivity contribution is 6.30. The van der Waals surface area contributed by atoms with E-state index in [9.17, 15) is 9.90 Å². The molecule has 0 radical (unpaired) electrons. The average Bonchev–Trinajstić information content (AvgIpc) is 2.60. The zero-order chi connectivity index (χ0) is 16.9. The van der Waals surface area contributed by atoms with Crippen LogP contribution < -0.4 is 4.90 Å². The number of carbonyl (C=O) groups is 1. The first-order valence-corrected chi connectivity index (χ1v) is 8.52. The third-order valence-electron chi connectivity index (χ3n) is 4.48. The van der Waals surface area contributed by atoms with Crippen molar-refractivity contribution in [2.75, 3.05) is 31.1 Å². The minimum absolute atomic E-state index is 0.473. The predicted octanol–water partition coefficient (Wildman–Crippen LogP) is 3.16. The van der Waals surface area contributed by atoms with Crippen molar-refractivity contribution in [1.29, 1.82) is 0 Å². The Morgan fingerprint density at radius 3 is 2.38 bits per heavy atom. The summed E-state index contributed by atoms with van der Waals surface area (Å²) in [5.74, 6) is -0.775. The van der Waals surface area contributed by atoms with Gasteiger partial charge in [0, 0.05) is 36.9 Å². The van der Waals surface area contributed by atoms with E-state index in [-0.39, 0.29) is 0 Å². The Labute approximate surface area is 147 Å². The number of hydrogen-bond donors (Lipinski definition) is 1. The molecular formula is C19H21ClN2O2. The molecule has 1 fully saturated rings. The first-order valence-electron chi connectivity index (χ1n) is 8.15. The minimum atomic E-state index is -0.775. The number of anilines is 1. The van der Waals surface area contributed by atoms with Crippen LogP contribution in [0.3, 0.4) is 0 Å². The molecule has 126 valence electrons. The van der Waals surface area contributed by atoms with E-state index in [0.717, 1.165) is 31.7 Å². The minimum Gasteiger partial charge on any atom is -0.480 e. The van der Waals surface area contributed by atoms with Crippen molar-refractivity contribution in [1.82, 2.24) is 4.90 Å². The van der Waals surface area contributed by atoms with Gasteiger partial charge in [0.25, 0.3) is 0 Å². The molecular weight excluding hydrogens is 324 g/mol. The SMILES string of the molecule is O=C(O)[C@@H](Cc1cccc(Cl)c1)N1CCN(c2ccccc2)CC1. The Bertz CT molecular complexity index is 685. The van der Waals surface area contributed by atoms with Crippen LogP contribution in [0.1, 0.15) is 5.56 Å². The van der Waals surface area contributed by atoms with Crippen molar-refractivity contribution < 1.29 is 9.90 Å². The molecule has 1 saturated heterocycles. The molecule has 5 heteroatoms. The van der Waals surface area contributed by atoms with Crippen LogP contribution in [0.15, 0.2) is 54.6 Å². The fourth-order valence-electron chi connectivity index (χ4n) is 3.19. The Hall–Kier alpha value is -2.04. The van der Waals surface area contributed by atoms with E-state index in [0.29, 0.717) is 11.4 Å². The smallest absolute Gasteiger partial charge is 0.321 e. The molecule has 1 aliphatic rings. The number of aliphatic carboxylic acids is 1. The molecule has 0 unspecified atom stereocenters. The molecule has 0 bridgehead atoms. The monoisotopic (exact) mass is 344 g/mol. The number of piperazine rings is 1. The highest BCUT2D eigenvalue weighted by Gasteiger charge is 2.29. The van der Waals surface area contributed by atoms with Crippen molar-refractivity contribution in [2.45, 2.75) is 12.5 Å². The van der Waals surface area contributed by atoms with Crippen LogP contribution in [0.5, 0.6) is 0 Å². The molecule has 0 amide bonds. The third kappa shape index (κ3) is 4.08. The predicted molar refractivity (Wildman–Crippen MR) is 96.8 cm³/mol. The van der Waals surface area contributed by atoms with Crippen LogP contribution in [0.4, 0.5) is 5.69 Å². The highest BCUT2D eigenvalue weighted by Crippen LogP contribution is 2.19. The first kappa shape index (κ1) is 16.8. The molecule has 0 spiro atoms. The van der Waals surface area contributed by atoms with E-state index >= 15 is 0 Å². The van der Waals surface area contributed by atoms with Gasteiger partial charge in [-0.2, -0.15) is 0 Å². The molecule has 0 aromatic heterocycles. The lowest BCUT2D eigenvalue weighted by atomic mass is 10.0. The Morgan fingerprint density at radius 2 is 1.75 bits per heavy atom. The molecule has 24 heavy (non-hydrogen) atoms. The number of rotatable bonds is 5. The average molecular weight is 345 g/mol. The lowest BCUT2D eigenvalue weighted by molar-refractivity contribution is -0.143. The van der Waals surface area contributed by atoms with E-state index in [2.05, 4.69) is 21.9 Å². The van der Waals surface area contributed by atoms with Crippen molar-refractivity contribution >= 4 is 23.3 Å². The summed E-state index contributed by atoms with van der Waals surface area (Å²) >= 11 is 6.01. The van der Waals surface area contributed by atoms with Gasteiger partial charge in [0.2, 0.25) is 0 Å². The quantitative estimate of drug-likeness (QED) is 0.905. The molecule has 0 saturated carbocycles. The molecule has 0 aliphatic carbocycles. The maximum absolute atomic E-state index is 11.8. The van der Waals surface area contributed by atoms with Gasteiger partial charge in [0.05, 0.1) is 0 Å². The van der Waals surface area contributed by atoms with E-state index in [1.807, 2.05) is 36.4 Å². The largest absolute Gasteiger partial charge is 0.480 e. The normalized spacial score (nSPS) is 16.8. The van der Waals surface area contributed by atoms with Crippen LogP contribution >= 0.6 is 11.6 Å². The second kappa shape index (κ2) is 7.69. The topological polar surface area (TPSA) is 43.8 Å². The Morgan fingerprint density at radius 1 is 1.04 bits per heavy atom. The summed E-state index contributed by atoms with van der Waals surface area (Å²) in [4.78, 5) is 16.1. The standard InChI is InChI=1S/C19H21ClN2O2/c20-16-6-4-5-15(13-16)14-18(19(23)24)22-11-9-21(10-12-22)17-7-2-1-3-8-17/h1-8,13,18H,9-12,14H2,(H,23,24)/t18-/m1/s1. The molecule has 2 aromatic rings. The van der Waals surface area contributed by atoms with Crippen LogP contribution in [-0.2, 0) is 11.2 Å². The Balaban J connectivity index is 1.65. The summed E-state index contributed by atoms with van der Waals surface area (Å²) in [7, 11) is 0. The maximum atomic E-state index is 11.8. The summed E-state index contributed by atoms with van der Waals surface area (Å²) in [5.41, 5.74) is 2.15. The molecule has 1 atom stereocenters. The van der Waals surface area contributed by atoms with Crippen LogP contribution in [0.25, 0.3) is 0 Å². The van der Waals surface area contributed by atoms with Crippen LogP contribution in [0, 0.1) is 0 Å². The second-order valence-corrected chi connectivity index (χ2v) is 6.48. The first-order chi connectivity index (χ1) is 11.6. The van der Waals surface area contributed by atoms with Crippen molar-refractivity contribution in [2.24, 2.45) is 0 Å². The number of carboxylic acids is 1. The summed E-state index contributed by atoms with van der Waals surface area (Å²) in [6.07, 6.45) is 0.473. The third-order valence-corrected chi connectivity index (χ3v) is 4.71. The van der Waals surface area contributed by atoms with Crippen LogP contribution in [-0.4, -0.2) is 48.2 Å². The maximum Gasteiger partial charge on any atom is 0.321 e. The van der Waals surface area contributed by atoms with Gasteiger partial charge in [0.1, 0.15) is 6.04 Å². The van der Waals surface area contributed by atoms with Gasteiger partial charge in [-0.1, -0.05) is 41.9 Å². The zero-order valence-electron chi connectivity index (χ0n) is 13.4. The molecule has 1 aliphatic heterocycles. The number of halogens is 1. The Kier molecular flexibility index (Phi) is 5.38. The lowest BCUT2D eigenvalue weighted by Crippen LogP contribution is -2.53. The van der Waals surface area contributed by atoms with Gasteiger partial charge in [-0.3, -0.25) is 9.69 Å². The van der Waals surface area contributed by atoms with Gasteiger partial charge < -0.3 is 10.0 Å². The van der Waals surface area contributed by atoms with E-state index < -0.39 is 12.0 Å². The van der Waals surface area contributed by atoms with Gasteiger partial charge in [-0.25, -0.2) is 0 Å². The van der Waals surface area contributed by atoms with Crippen LogP contribution in [0.2, 0.25) is 5.02 Å². The summed E-state index contributed by atoms with van der Waals surface area (Å²) in [6.45, 7) is 3.16. The zero-order valence-corrected chi connectivity index (χ0v) is 14.2. The number of hydrogen-bond acceptors (Lipinski definition) is 3. The molecule has 1 heterocycles. The van der Waals surface area contributed by atoms with E-state index in [4.69, 9.17) is 11.6 Å². The fraction of sp³-hybridized carbons (Fsp3) is 0.316. The summed E-state index contributed by atoms with van der Waals surface area (Å²) in [5, 5.41) is 10.3. The van der Waals surface area contributed by atoms with Crippen molar-refractivity contribution in [3.8, 4) is 0 Å². The number of benzene rings is 2. The molecule has 3 rings (SSSR count). The summed E-state index contributed by atoms with van der Waals surface area (Å²) in [6, 6.07) is 17.2. The molecule has 4 nitrogen and oxygen atoms in total. The second-order valence-electron chi connectivity index (χ2n) is 6.05. The van der Waals surface area contributed by atoms with E-state index in [1.54, 1.807) is 6.07 Å². The van der Waals surface area contributed by atoms with Gasteiger partial charge >= 0.3 is 5.97 Å². The van der Waals surface area contributed by atoms with Gasteiger partial charge in [0.15, 0.2) is 0 Å². The van der Waals surface area contributed by atoms with E-state index in [1.165, 1.54) is 5.69 Å². The fourth-order valence-corrected chi connectivity index (χ4v) is 3.40. The summed E-state index contributed by atoms with van der Waals surface area (Å²) < 4.78 is 0. The van der Waals surface area contributed by atoms with Crippen molar-refractivity contribution in [3.05, 3.63) is 65.2 Å². The number of para-hydroxylation sites is 1. The van der Waals surface area contributed by atoms with Crippen molar-refractivity contribution in [3.63, 3.8) is 0 Å². The lowest BCUT2D eigenvalue weighted by Gasteiger charge is -2.38. The number of carboxylic acid groups (broad SMARTS) is 1.